The molecule has 0 amide bonds. The van der Waals surface area contributed by atoms with Gasteiger partial charge in [0, 0.05) is 24.7 Å². The molecule has 3 nitrogen and oxygen atoms in total. The van der Waals surface area contributed by atoms with Gasteiger partial charge in [-0.25, -0.2) is 4.98 Å². The fourth-order valence-electron chi connectivity index (χ4n) is 2.42. The fourth-order valence-corrected chi connectivity index (χ4v) is 2.57. The van der Waals surface area contributed by atoms with Crippen LogP contribution in [0.25, 0.3) is 0 Å². The van der Waals surface area contributed by atoms with E-state index in [1.165, 1.54) is 0 Å². The summed E-state index contributed by atoms with van der Waals surface area (Å²) < 4.78 is 5.76. The summed E-state index contributed by atoms with van der Waals surface area (Å²) in [6.45, 7) is 8.12. The van der Waals surface area contributed by atoms with Crippen LogP contribution in [0.4, 0.5) is 5.82 Å². The van der Waals surface area contributed by atoms with Crippen molar-refractivity contribution in [1.29, 1.82) is 0 Å². The third-order valence-corrected chi connectivity index (χ3v) is 3.49. The van der Waals surface area contributed by atoms with Crippen LogP contribution in [0.5, 0.6) is 0 Å². The van der Waals surface area contributed by atoms with Gasteiger partial charge >= 0.3 is 0 Å². The molecule has 0 N–H and O–H groups in total. The van der Waals surface area contributed by atoms with Gasteiger partial charge in [0.05, 0.1) is 12.2 Å². The Bertz CT molecular complexity index is 379. The van der Waals surface area contributed by atoms with E-state index in [2.05, 4.69) is 37.8 Å². The molecule has 1 aliphatic rings. The Hall–Kier alpha value is -0.800. The molecule has 0 bridgehead atoms. The van der Waals surface area contributed by atoms with Crippen LogP contribution in [-0.4, -0.2) is 30.3 Å². The maximum absolute atomic E-state index is 5.95. The highest BCUT2D eigenvalue weighted by molar-refractivity contribution is 6.17. The molecule has 1 saturated heterocycles. The van der Waals surface area contributed by atoms with E-state index in [0.29, 0.717) is 5.88 Å². The summed E-state index contributed by atoms with van der Waals surface area (Å²) in [4.78, 5) is 7.00. The van der Waals surface area contributed by atoms with Crippen molar-refractivity contribution >= 4 is 17.4 Å². The van der Waals surface area contributed by atoms with Crippen LogP contribution in [0.2, 0.25) is 0 Å². The molecule has 2 heterocycles. The van der Waals surface area contributed by atoms with Crippen LogP contribution in [0.15, 0.2) is 12.1 Å². The highest BCUT2D eigenvalue weighted by Gasteiger charge is 2.23. The molecule has 0 saturated carbocycles. The van der Waals surface area contributed by atoms with Gasteiger partial charge in [-0.05, 0) is 38.0 Å². The highest BCUT2D eigenvalue weighted by atomic mass is 35.5. The number of morpholine rings is 1. The Balaban J connectivity index is 2.25. The van der Waals surface area contributed by atoms with Crippen molar-refractivity contribution < 1.29 is 4.74 Å². The lowest BCUT2D eigenvalue weighted by Crippen LogP contribution is -2.45. The van der Waals surface area contributed by atoms with Crippen molar-refractivity contribution in [1.82, 2.24) is 4.98 Å². The second kappa shape index (κ2) is 5.89. The van der Waals surface area contributed by atoms with Gasteiger partial charge in [-0.2, -0.15) is 0 Å². The number of pyridine rings is 1. The third-order valence-electron chi connectivity index (χ3n) is 3.18. The number of ether oxygens (including phenoxy) is 1. The van der Waals surface area contributed by atoms with Crippen molar-refractivity contribution in [3.63, 3.8) is 0 Å². The third kappa shape index (κ3) is 3.15. The number of nitrogens with zero attached hydrogens (tertiary/aromatic N) is 2. The molecule has 0 aliphatic carbocycles. The maximum atomic E-state index is 5.95. The normalized spacial score (nSPS) is 24.3. The standard InChI is InChI=1S/C14H21ClN2O/c1-4-13-5-12(7-15)6-14(16-13)17-8-10(2)18-11(3)9-17/h5-6,10-11H,4,7-9H2,1-3H3/t10-,11+. The molecule has 1 fully saturated rings. The van der Waals surface area contributed by atoms with Crippen molar-refractivity contribution in [3.05, 3.63) is 23.4 Å². The van der Waals surface area contributed by atoms with Crippen LogP contribution in [-0.2, 0) is 17.0 Å². The maximum Gasteiger partial charge on any atom is 0.129 e. The summed E-state index contributed by atoms with van der Waals surface area (Å²) in [7, 11) is 0. The minimum atomic E-state index is 0.250. The largest absolute Gasteiger partial charge is 0.372 e. The SMILES string of the molecule is CCc1cc(CCl)cc(N2C[C@@H](C)O[C@@H](C)C2)n1. The second-order valence-electron chi connectivity index (χ2n) is 4.97. The molecule has 0 radical (unpaired) electrons. The Kier molecular flexibility index (Phi) is 4.46. The minimum absolute atomic E-state index is 0.250. The zero-order valence-corrected chi connectivity index (χ0v) is 12.1. The van der Waals surface area contributed by atoms with Gasteiger partial charge in [-0.3, -0.25) is 0 Å². The first-order valence-corrected chi connectivity index (χ1v) is 7.12. The van der Waals surface area contributed by atoms with E-state index in [0.717, 1.165) is 36.6 Å². The van der Waals surface area contributed by atoms with Crippen molar-refractivity contribution in [2.45, 2.75) is 45.3 Å². The lowest BCUT2D eigenvalue weighted by molar-refractivity contribution is -0.00547. The lowest BCUT2D eigenvalue weighted by atomic mass is 10.2. The zero-order chi connectivity index (χ0) is 13.1. The number of hydrogen-bond donors (Lipinski definition) is 0. The van der Waals surface area contributed by atoms with E-state index >= 15 is 0 Å². The molecule has 1 aromatic rings. The van der Waals surface area contributed by atoms with Crippen molar-refractivity contribution in [2.24, 2.45) is 0 Å². The predicted molar refractivity (Wildman–Crippen MR) is 75.4 cm³/mol. The first-order chi connectivity index (χ1) is 8.62. The van der Waals surface area contributed by atoms with Crippen molar-refractivity contribution in [2.75, 3.05) is 18.0 Å². The molecule has 100 valence electrons. The van der Waals surface area contributed by atoms with E-state index in [-0.39, 0.29) is 12.2 Å². The molecule has 0 aromatic carbocycles. The van der Waals surface area contributed by atoms with Crippen LogP contribution >= 0.6 is 11.6 Å². The van der Waals surface area contributed by atoms with Crippen LogP contribution in [0.3, 0.4) is 0 Å². The van der Waals surface area contributed by atoms with Crippen LogP contribution < -0.4 is 4.90 Å². The van der Waals surface area contributed by atoms with Gasteiger partial charge in [0.25, 0.3) is 0 Å². The van der Waals surface area contributed by atoms with E-state index < -0.39 is 0 Å². The summed E-state index contributed by atoms with van der Waals surface area (Å²) in [6.07, 6.45) is 1.44. The van der Waals surface area contributed by atoms with E-state index in [1.807, 2.05) is 0 Å². The average Bonchev–Trinajstić information content (AvgIpc) is 2.37. The molecule has 18 heavy (non-hydrogen) atoms. The van der Waals surface area contributed by atoms with Gasteiger partial charge in [0.2, 0.25) is 0 Å². The molecule has 2 rings (SSSR count). The first kappa shape index (κ1) is 13.6. The average molecular weight is 269 g/mol. The van der Waals surface area contributed by atoms with Gasteiger partial charge in [-0.1, -0.05) is 6.92 Å². The highest BCUT2D eigenvalue weighted by Crippen LogP contribution is 2.21. The van der Waals surface area contributed by atoms with Crippen LogP contribution in [0.1, 0.15) is 32.0 Å². The van der Waals surface area contributed by atoms with E-state index in [1.54, 1.807) is 0 Å². The molecule has 0 unspecified atom stereocenters. The monoisotopic (exact) mass is 268 g/mol. The molecular formula is C14H21ClN2O. The molecule has 4 heteroatoms. The summed E-state index contributed by atoms with van der Waals surface area (Å²) in [6, 6.07) is 4.18. The minimum Gasteiger partial charge on any atom is -0.372 e. The lowest BCUT2D eigenvalue weighted by Gasteiger charge is -2.36. The molecule has 1 aliphatic heterocycles. The summed E-state index contributed by atoms with van der Waals surface area (Å²) in [5.74, 6) is 1.57. The topological polar surface area (TPSA) is 25.4 Å². The molecule has 1 aromatic heterocycles. The summed E-state index contributed by atoms with van der Waals surface area (Å²) in [5.41, 5.74) is 2.25. The summed E-state index contributed by atoms with van der Waals surface area (Å²) in [5, 5.41) is 0. The van der Waals surface area contributed by atoms with Gasteiger partial charge in [0.15, 0.2) is 0 Å². The fraction of sp³-hybridized carbons (Fsp3) is 0.643. The number of anilines is 1. The number of rotatable bonds is 3. The molecule has 2 atom stereocenters. The van der Waals surface area contributed by atoms with Gasteiger partial charge in [-0.15, -0.1) is 11.6 Å². The number of alkyl halides is 1. The van der Waals surface area contributed by atoms with Gasteiger partial charge in [0.1, 0.15) is 5.82 Å². The van der Waals surface area contributed by atoms with Crippen LogP contribution in [0, 0.1) is 0 Å². The Morgan fingerprint density at radius 2 is 2.00 bits per heavy atom. The zero-order valence-electron chi connectivity index (χ0n) is 11.3. The second-order valence-corrected chi connectivity index (χ2v) is 5.24. The Morgan fingerprint density at radius 1 is 1.33 bits per heavy atom. The van der Waals surface area contributed by atoms with E-state index in [4.69, 9.17) is 21.3 Å². The Morgan fingerprint density at radius 3 is 2.56 bits per heavy atom. The quantitative estimate of drug-likeness (QED) is 0.788. The smallest absolute Gasteiger partial charge is 0.129 e. The first-order valence-electron chi connectivity index (χ1n) is 6.58. The Labute approximate surface area is 114 Å². The number of halogens is 1. The van der Waals surface area contributed by atoms with Crippen molar-refractivity contribution in [3.8, 4) is 0 Å². The number of aromatic nitrogens is 1. The molecule has 0 spiro atoms. The predicted octanol–water partition coefficient (Wildman–Crippen LogP) is 3.00. The number of aryl methyl sites for hydroxylation is 1. The van der Waals surface area contributed by atoms with E-state index in [9.17, 15) is 0 Å². The summed E-state index contributed by atoms with van der Waals surface area (Å²) >= 11 is 5.95. The number of hydrogen-bond acceptors (Lipinski definition) is 3. The molecular weight excluding hydrogens is 248 g/mol. The van der Waals surface area contributed by atoms with Gasteiger partial charge < -0.3 is 9.64 Å².